The summed E-state index contributed by atoms with van der Waals surface area (Å²) in [4.78, 5) is 0. The van der Waals surface area contributed by atoms with E-state index in [-0.39, 0.29) is 6.15 Å². The van der Waals surface area contributed by atoms with Gasteiger partial charge in [0, 0.05) is 4.57 Å². The molecule has 1 rings (SSSR count). The summed E-state index contributed by atoms with van der Waals surface area (Å²) in [5.74, 6) is 0.585. The van der Waals surface area contributed by atoms with Gasteiger partial charge in [0.05, 0.1) is 0 Å². The monoisotopic (exact) mass is 286 g/mol. The van der Waals surface area contributed by atoms with E-state index in [0.29, 0.717) is 12.4 Å². The summed E-state index contributed by atoms with van der Waals surface area (Å²) in [7, 11) is -2.03. The van der Waals surface area contributed by atoms with Crippen LogP contribution in [-0.2, 0) is 9.09 Å². The second-order valence-corrected chi connectivity index (χ2v) is 5.12. The Labute approximate surface area is 117 Å². The van der Waals surface area contributed by atoms with Crippen LogP contribution in [0, 0.1) is 0 Å². The molecule has 1 aromatic carbocycles. The SMILES string of the molecule is CCCCCCCCO[P+](=O)Oc1ccccc1.N. The summed E-state index contributed by atoms with van der Waals surface area (Å²) in [6, 6.07) is 9.10. The van der Waals surface area contributed by atoms with Crippen LogP contribution in [0.15, 0.2) is 30.3 Å². The molecule has 0 aromatic heterocycles. The van der Waals surface area contributed by atoms with Gasteiger partial charge in [-0.1, -0.05) is 57.2 Å². The van der Waals surface area contributed by atoms with Crippen LogP contribution in [0.2, 0.25) is 0 Å². The van der Waals surface area contributed by atoms with E-state index in [9.17, 15) is 4.57 Å². The highest BCUT2D eigenvalue weighted by atomic mass is 31.1. The predicted octanol–water partition coefficient (Wildman–Crippen LogP) is 5.26. The molecule has 4 nitrogen and oxygen atoms in total. The first-order valence-corrected chi connectivity index (χ1v) is 7.75. The average molecular weight is 286 g/mol. The van der Waals surface area contributed by atoms with Gasteiger partial charge in [0.15, 0.2) is 5.75 Å². The van der Waals surface area contributed by atoms with Crippen molar-refractivity contribution in [1.29, 1.82) is 0 Å². The fourth-order valence-electron chi connectivity index (χ4n) is 1.62. The van der Waals surface area contributed by atoms with Gasteiger partial charge in [-0.3, -0.25) is 0 Å². The van der Waals surface area contributed by atoms with Crippen molar-refractivity contribution < 1.29 is 13.6 Å². The van der Waals surface area contributed by atoms with Gasteiger partial charge in [-0.05, 0) is 18.6 Å². The van der Waals surface area contributed by atoms with E-state index in [2.05, 4.69) is 6.92 Å². The van der Waals surface area contributed by atoms with Crippen molar-refractivity contribution in [1.82, 2.24) is 6.15 Å². The van der Waals surface area contributed by atoms with Crippen LogP contribution in [0.4, 0.5) is 0 Å². The summed E-state index contributed by atoms with van der Waals surface area (Å²) in [6.07, 6.45) is 7.15. The lowest BCUT2D eigenvalue weighted by Crippen LogP contribution is -1.91. The zero-order chi connectivity index (χ0) is 13.1. The van der Waals surface area contributed by atoms with E-state index in [1.54, 1.807) is 12.1 Å². The first kappa shape index (κ1) is 18.0. The quantitative estimate of drug-likeness (QED) is 0.470. The van der Waals surface area contributed by atoms with Gasteiger partial charge in [-0.2, -0.15) is 0 Å². The second-order valence-electron chi connectivity index (χ2n) is 4.23. The van der Waals surface area contributed by atoms with E-state index in [4.69, 9.17) is 9.05 Å². The number of rotatable bonds is 10. The lowest BCUT2D eigenvalue weighted by Gasteiger charge is -1.97. The van der Waals surface area contributed by atoms with Crippen molar-refractivity contribution >= 4 is 8.25 Å². The summed E-state index contributed by atoms with van der Waals surface area (Å²) in [5.41, 5.74) is 0. The van der Waals surface area contributed by atoms with Crippen LogP contribution in [-0.4, -0.2) is 6.61 Å². The fraction of sp³-hybridized carbons (Fsp3) is 0.571. The lowest BCUT2D eigenvalue weighted by atomic mass is 10.1. The molecule has 0 aliphatic heterocycles. The van der Waals surface area contributed by atoms with Crippen molar-refractivity contribution in [2.24, 2.45) is 0 Å². The third-order valence-corrected chi connectivity index (χ3v) is 3.37. The highest BCUT2D eigenvalue weighted by Crippen LogP contribution is 2.27. The number of unbranched alkanes of at least 4 members (excludes halogenated alkanes) is 5. The molecule has 0 heterocycles. The van der Waals surface area contributed by atoms with Crippen LogP contribution >= 0.6 is 8.25 Å². The number of benzene rings is 1. The molecular formula is C14H25NO3P+. The van der Waals surface area contributed by atoms with Gasteiger partial charge in [-0.15, -0.1) is 4.52 Å². The van der Waals surface area contributed by atoms with Gasteiger partial charge in [0.2, 0.25) is 0 Å². The Morgan fingerprint density at radius 2 is 1.63 bits per heavy atom. The van der Waals surface area contributed by atoms with Crippen molar-refractivity contribution in [2.75, 3.05) is 6.61 Å². The van der Waals surface area contributed by atoms with E-state index in [0.717, 1.165) is 12.8 Å². The molecule has 1 aromatic rings. The summed E-state index contributed by atoms with van der Waals surface area (Å²) < 4.78 is 21.7. The maximum atomic E-state index is 11.5. The van der Waals surface area contributed by atoms with Gasteiger partial charge in [0.25, 0.3) is 0 Å². The van der Waals surface area contributed by atoms with E-state index in [1.807, 2.05) is 18.2 Å². The summed E-state index contributed by atoms with van der Waals surface area (Å²) >= 11 is 0. The van der Waals surface area contributed by atoms with Crippen molar-refractivity contribution in [2.45, 2.75) is 45.4 Å². The van der Waals surface area contributed by atoms with Crippen molar-refractivity contribution in [3.63, 3.8) is 0 Å². The lowest BCUT2D eigenvalue weighted by molar-refractivity contribution is 0.277. The molecule has 0 saturated carbocycles. The molecule has 1 atom stereocenters. The topological polar surface area (TPSA) is 70.5 Å². The predicted molar refractivity (Wildman–Crippen MR) is 79.0 cm³/mol. The molecule has 0 aliphatic rings. The molecule has 3 N–H and O–H groups in total. The number of hydrogen-bond acceptors (Lipinski definition) is 4. The highest BCUT2D eigenvalue weighted by molar-refractivity contribution is 7.33. The molecule has 0 bridgehead atoms. The maximum Gasteiger partial charge on any atom is 0.750 e. The van der Waals surface area contributed by atoms with E-state index < -0.39 is 8.25 Å². The van der Waals surface area contributed by atoms with Crippen LogP contribution in [0.5, 0.6) is 5.75 Å². The van der Waals surface area contributed by atoms with E-state index >= 15 is 0 Å². The molecular weight excluding hydrogens is 261 g/mol. The Bertz CT molecular complexity index is 333. The standard InChI is InChI=1S/C14H22O3P.H3N/c1-2-3-4-5-6-10-13-16-18(15)17-14-11-8-7-9-12-14;/h7-9,11-12H,2-6,10,13H2,1H3;1H3/q+1;. The Morgan fingerprint density at radius 3 is 2.32 bits per heavy atom. The third kappa shape index (κ3) is 9.60. The summed E-state index contributed by atoms with van der Waals surface area (Å²) in [5, 5.41) is 0. The van der Waals surface area contributed by atoms with Crippen LogP contribution in [0.3, 0.4) is 0 Å². The summed E-state index contributed by atoms with van der Waals surface area (Å²) in [6.45, 7) is 2.71. The van der Waals surface area contributed by atoms with Crippen LogP contribution in [0.25, 0.3) is 0 Å². The second kappa shape index (κ2) is 12.1. The molecule has 19 heavy (non-hydrogen) atoms. The van der Waals surface area contributed by atoms with Gasteiger partial charge in [-0.25, -0.2) is 4.52 Å². The molecule has 0 amide bonds. The Kier molecular flexibility index (Phi) is 11.5. The van der Waals surface area contributed by atoms with Crippen LogP contribution in [0.1, 0.15) is 45.4 Å². The Balaban J connectivity index is 0.00000324. The molecule has 0 aliphatic carbocycles. The highest BCUT2D eigenvalue weighted by Gasteiger charge is 2.21. The van der Waals surface area contributed by atoms with Gasteiger partial charge in [0.1, 0.15) is 6.61 Å². The minimum atomic E-state index is -2.03. The zero-order valence-corrected chi connectivity index (χ0v) is 12.6. The Morgan fingerprint density at radius 1 is 1.00 bits per heavy atom. The largest absolute Gasteiger partial charge is 0.750 e. The first-order valence-electron chi connectivity index (χ1n) is 6.66. The van der Waals surface area contributed by atoms with Crippen LogP contribution < -0.4 is 10.7 Å². The number of para-hydroxylation sites is 1. The van der Waals surface area contributed by atoms with Gasteiger partial charge < -0.3 is 6.15 Å². The third-order valence-electron chi connectivity index (χ3n) is 2.62. The molecule has 108 valence electrons. The van der Waals surface area contributed by atoms with Crippen molar-refractivity contribution in [3.8, 4) is 5.75 Å². The molecule has 0 radical (unpaired) electrons. The maximum absolute atomic E-state index is 11.5. The minimum absolute atomic E-state index is 0. The first-order chi connectivity index (χ1) is 8.83. The Hall–Kier alpha value is -0.960. The van der Waals surface area contributed by atoms with E-state index in [1.165, 1.54) is 25.7 Å². The van der Waals surface area contributed by atoms with Gasteiger partial charge >= 0.3 is 8.25 Å². The number of hydrogen-bond donors (Lipinski definition) is 1. The normalized spacial score (nSPS) is 10.7. The zero-order valence-electron chi connectivity index (χ0n) is 11.7. The molecule has 0 spiro atoms. The molecule has 5 heteroatoms. The molecule has 0 saturated heterocycles. The smallest absolute Gasteiger partial charge is 0.344 e. The minimum Gasteiger partial charge on any atom is -0.344 e. The fourth-order valence-corrected chi connectivity index (χ4v) is 2.24. The van der Waals surface area contributed by atoms with Crippen molar-refractivity contribution in [3.05, 3.63) is 30.3 Å². The average Bonchev–Trinajstić information content (AvgIpc) is 2.39. The molecule has 0 fully saturated rings. The molecule has 1 unspecified atom stereocenters.